The standard InChI is InChI=1S/C14H16N6/c1-2-20-9-18-19-14(20)8-17-12-5-6-16-13-7-10(15)3-4-11(12)13/h3-7,9H,2,8,15H2,1H3,(H,16,17). The van der Waals surface area contributed by atoms with Crippen LogP contribution in [0.2, 0.25) is 0 Å². The molecular formula is C14H16N6. The molecule has 0 saturated heterocycles. The van der Waals surface area contributed by atoms with E-state index in [1.54, 1.807) is 12.5 Å². The van der Waals surface area contributed by atoms with Crippen LogP contribution < -0.4 is 11.1 Å². The number of nitrogen functional groups attached to an aromatic ring is 1. The minimum Gasteiger partial charge on any atom is -0.399 e. The lowest BCUT2D eigenvalue weighted by atomic mass is 10.1. The molecule has 20 heavy (non-hydrogen) atoms. The fourth-order valence-corrected chi connectivity index (χ4v) is 2.17. The van der Waals surface area contributed by atoms with Crippen LogP contribution in [-0.4, -0.2) is 19.7 Å². The van der Waals surface area contributed by atoms with E-state index >= 15 is 0 Å². The SMILES string of the molecule is CCn1cnnc1CNc1ccnc2cc(N)ccc12. The molecule has 3 N–H and O–H groups in total. The molecule has 1 aromatic carbocycles. The highest BCUT2D eigenvalue weighted by Gasteiger charge is 2.05. The van der Waals surface area contributed by atoms with Crippen molar-refractivity contribution in [3.05, 3.63) is 42.6 Å². The van der Waals surface area contributed by atoms with E-state index in [2.05, 4.69) is 27.4 Å². The molecule has 0 atom stereocenters. The Bertz CT molecular complexity index is 733. The van der Waals surface area contributed by atoms with Gasteiger partial charge in [0, 0.05) is 29.5 Å². The third-order valence-corrected chi connectivity index (χ3v) is 3.24. The molecule has 102 valence electrons. The average molecular weight is 268 g/mol. The van der Waals surface area contributed by atoms with E-state index in [9.17, 15) is 0 Å². The van der Waals surface area contributed by atoms with Gasteiger partial charge in [-0.2, -0.15) is 0 Å². The first-order chi connectivity index (χ1) is 9.78. The second-order valence-corrected chi connectivity index (χ2v) is 4.52. The minimum atomic E-state index is 0.622. The number of rotatable bonds is 4. The molecule has 0 radical (unpaired) electrons. The maximum absolute atomic E-state index is 5.78. The number of anilines is 2. The van der Waals surface area contributed by atoms with Crippen molar-refractivity contribution >= 4 is 22.3 Å². The van der Waals surface area contributed by atoms with Gasteiger partial charge >= 0.3 is 0 Å². The molecule has 2 heterocycles. The lowest BCUT2D eigenvalue weighted by Gasteiger charge is -2.10. The monoisotopic (exact) mass is 268 g/mol. The van der Waals surface area contributed by atoms with Crippen molar-refractivity contribution in [1.29, 1.82) is 0 Å². The van der Waals surface area contributed by atoms with E-state index in [1.165, 1.54) is 0 Å². The lowest BCUT2D eigenvalue weighted by molar-refractivity contribution is 0.708. The van der Waals surface area contributed by atoms with Crippen LogP contribution in [0.25, 0.3) is 10.9 Å². The predicted molar refractivity (Wildman–Crippen MR) is 79.2 cm³/mol. The highest BCUT2D eigenvalue weighted by molar-refractivity contribution is 5.92. The van der Waals surface area contributed by atoms with Crippen LogP contribution in [0.5, 0.6) is 0 Å². The van der Waals surface area contributed by atoms with E-state index in [4.69, 9.17) is 5.73 Å². The van der Waals surface area contributed by atoms with Crippen molar-refractivity contribution < 1.29 is 0 Å². The molecule has 0 aliphatic rings. The third kappa shape index (κ3) is 2.27. The summed E-state index contributed by atoms with van der Waals surface area (Å²) in [5.74, 6) is 0.910. The molecule has 6 nitrogen and oxygen atoms in total. The first-order valence-corrected chi connectivity index (χ1v) is 6.52. The number of benzene rings is 1. The highest BCUT2D eigenvalue weighted by atomic mass is 15.3. The first kappa shape index (κ1) is 12.4. The van der Waals surface area contributed by atoms with E-state index in [-0.39, 0.29) is 0 Å². The average Bonchev–Trinajstić information content (AvgIpc) is 2.92. The number of aromatic nitrogens is 4. The fourth-order valence-electron chi connectivity index (χ4n) is 2.17. The fraction of sp³-hybridized carbons (Fsp3) is 0.214. The zero-order valence-electron chi connectivity index (χ0n) is 11.2. The van der Waals surface area contributed by atoms with Gasteiger partial charge in [-0.1, -0.05) is 0 Å². The van der Waals surface area contributed by atoms with Gasteiger partial charge in [-0.15, -0.1) is 10.2 Å². The smallest absolute Gasteiger partial charge is 0.152 e. The summed E-state index contributed by atoms with van der Waals surface area (Å²) in [5.41, 5.74) is 8.39. The molecule has 6 heteroatoms. The summed E-state index contributed by atoms with van der Waals surface area (Å²) in [6.07, 6.45) is 3.51. The molecule has 0 bridgehead atoms. The molecule has 3 aromatic rings. The van der Waals surface area contributed by atoms with E-state index in [1.807, 2.05) is 28.8 Å². The predicted octanol–water partition coefficient (Wildman–Crippen LogP) is 2.04. The molecule has 0 amide bonds. The first-order valence-electron chi connectivity index (χ1n) is 6.52. The van der Waals surface area contributed by atoms with Crippen LogP contribution in [0.1, 0.15) is 12.7 Å². The molecule has 0 aliphatic heterocycles. The van der Waals surface area contributed by atoms with E-state index in [0.29, 0.717) is 12.2 Å². The van der Waals surface area contributed by atoms with Crippen LogP contribution in [0, 0.1) is 0 Å². The van der Waals surface area contributed by atoms with Crippen molar-refractivity contribution in [2.45, 2.75) is 20.0 Å². The highest BCUT2D eigenvalue weighted by Crippen LogP contribution is 2.23. The number of pyridine rings is 1. The zero-order chi connectivity index (χ0) is 13.9. The van der Waals surface area contributed by atoms with Crippen molar-refractivity contribution in [1.82, 2.24) is 19.7 Å². The Hall–Kier alpha value is -2.63. The molecule has 0 fully saturated rings. The Labute approximate surface area is 116 Å². The minimum absolute atomic E-state index is 0.622. The molecule has 0 unspecified atom stereocenters. The molecule has 3 rings (SSSR count). The summed E-state index contributed by atoms with van der Waals surface area (Å²) in [7, 11) is 0. The quantitative estimate of drug-likeness (QED) is 0.708. The Morgan fingerprint density at radius 3 is 3.05 bits per heavy atom. The largest absolute Gasteiger partial charge is 0.399 e. The van der Waals surface area contributed by atoms with Crippen LogP contribution in [0.15, 0.2) is 36.8 Å². The number of fused-ring (bicyclic) bond motifs is 1. The summed E-state index contributed by atoms with van der Waals surface area (Å²) >= 11 is 0. The number of nitrogens with two attached hydrogens (primary N) is 1. The summed E-state index contributed by atoms with van der Waals surface area (Å²) in [6.45, 7) is 3.55. The van der Waals surface area contributed by atoms with E-state index < -0.39 is 0 Å². The zero-order valence-corrected chi connectivity index (χ0v) is 11.2. The Balaban J connectivity index is 1.88. The molecule has 0 aliphatic carbocycles. The van der Waals surface area contributed by atoms with Crippen molar-refractivity contribution in [2.24, 2.45) is 0 Å². The Morgan fingerprint density at radius 2 is 2.20 bits per heavy atom. The number of aryl methyl sites for hydroxylation is 1. The Morgan fingerprint density at radius 1 is 1.30 bits per heavy atom. The summed E-state index contributed by atoms with van der Waals surface area (Å²) in [5, 5.41) is 12.5. The van der Waals surface area contributed by atoms with Gasteiger partial charge in [0.15, 0.2) is 5.82 Å². The van der Waals surface area contributed by atoms with Gasteiger partial charge in [0.1, 0.15) is 6.33 Å². The van der Waals surface area contributed by atoms with Gasteiger partial charge in [-0.3, -0.25) is 4.98 Å². The molecule has 0 spiro atoms. The molecular weight excluding hydrogens is 252 g/mol. The topological polar surface area (TPSA) is 81.7 Å². The molecule has 0 saturated carbocycles. The summed E-state index contributed by atoms with van der Waals surface area (Å²) in [4.78, 5) is 4.33. The number of hydrogen-bond donors (Lipinski definition) is 2. The number of nitrogens with zero attached hydrogens (tertiary/aromatic N) is 4. The van der Waals surface area contributed by atoms with Gasteiger partial charge < -0.3 is 15.6 Å². The van der Waals surface area contributed by atoms with Gasteiger partial charge in [-0.25, -0.2) is 0 Å². The van der Waals surface area contributed by atoms with E-state index in [0.717, 1.165) is 29.0 Å². The van der Waals surface area contributed by atoms with Gasteiger partial charge in [0.05, 0.1) is 12.1 Å². The normalized spacial score (nSPS) is 10.8. The van der Waals surface area contributed by atoms with Crippen LogP contribution in [0.3, 0.4) is 0 Å². The summed E-state index contributed by atoms with van der Waals surface area (Å²) < 4.78 is 2.01. The Kier molecular flexibility index (Phi) is 3.20. The number of nitrogens with one attached hydrogen (secondary N) is 1. The molecule has 2 aromatic heterocycles. The van der Waals surface area contributed by atoms with Crippen molar-refractivity contribution in [3.63, 3.8) is 0 Å². The maximum atomic E-state index is 5.78. The lowest BCUT2D eigenvalue weighted by Crippen LogP contribution is -2.07. The van der Waals surface area contributed by atoms with Gasteiger partial charge in [0.25, 0.3) is 0 Å². The van der Waals surface area contributed by atoms with Crippen molar-refractivity contribution in [2.75, 3.05) is 11.1 Å². The second kappa shape index (κ2) is 5.16. The van der Waals surface area contributed by atoms with Crippen LogP contribution in [-0.2, 0) is 13.1 Å². The van der Waals surface area contributed by atoms with Crippen molar-refractivity contribution in [3.8, 4) is 0 Å². The van der Waals surface area contributed by atoms with Gasteiger partial charge in [0.2, 0.25) is 0 Å². The van der Waals surface area contributed by atoms with Gasteiger partial charge in [-0.05, 0) is 31.2 Å². The van der Waals surface area contributed by atoms with Crippen LogP contribution in [0.4, 0.5) is 11.4 Å². The maximum Gasteiger partial charge on any atom is 0.152 e. The third-order valence-electron chi connectivity index (χ3n) is 3.24. The summed E-state index contributed by atoms with van der Waals surface area (Å²) in [6, 6.07) is 7.68. The van der Waals surface area contributed by atoms with Crippen LogP contribution >= 0.6 is 0 Å². The number of hydrogen-bond acceptors (Lipinski definition) is 5. The second-order valence-electron chi connectivity index (χ2n) is 4.52.